The molecule has 1 unspecified atom stereocenters. The van der Waals surface area contributed by atoms with E-state index in [0.29, 0.717) is 13.0 Å². The Bertz CT molecular complexity index is 905. The first-order valence-corrected chi connectivity index (χ1v) is 8.88. The summed E-state index contributed by atoms with van der Waals surface area (Å²) in [6.45, 7) is 0.400. The zero-order valence-corrected chi connectivity index (χ0v) is 14.9. The Kier molecular flexibility index (Phi) is 6.10. The van der Waals surface area contributed by atoms with E-state index in [9.17, 15) is 14.7 Å². The van der Waals surface area contributed by atoms with Gasteiger partial charge in [0.2, 0.25) is 5.91 Å². The normalized spacial score (nSPS) is 11.9. The minimum absolute atomic E-state index is 0.213. The lowest BCUT2D eigenvalue weighted by Gasteiger charge is -2.14. The zero-order chi connectivity index (χ0) is 19.1. The number of H-pyrrole nitrogens is 1. The molecule has 0 aliphatic carbocycles. The molecule has 0 radical (unpaired) electrons. The molecule has 0 spiro atoms. The molecule has 1 amide bonds. The van der Waals surface area contributed by atoms with Crippen LogP contribution in [0.5, 0.6) is 5.75 Å². The van der Waals surface area contributed by atoms with E-state index < -0.39 is 12.0 Å². The summed E-state index contributed by atoms with van der Waals surface area (Å²) in [6.07, 6.45) is 2.75. The van der Waals surface area contributed by atoms with Crippen molar-refractivity contribution in [2.75, 3.05) is 6.61 Å². The lowest BCUT2D eigenvalue weighted by molar-refractivity contribution is -0.141. The van der Waals surface area contributed by atoms with Gasteiger partial charge in [-0.15, -0.1) is 0 Å². The fraction of sp³-hybridized carbons (Fsp3) is 0.238. The first kappa shape index (κ1) is 18.5. The van der Waals surface area contributed by atoms with Crippen molar-refractivity contribution in [1.29, 1.82) is 0 Å². The monoisotopic (exact) mass is 366 g/mol. The largest absolute Gasteiger partial charge is 0.494 e. The summed E-state index contributed by atoms with van der Waals surface area (Å²) < 4.78 is 5.54. The standard InChI is InChI=1S/C21H22N2O4/c24-20(11-6-12-27-16-7-2-1-3-8-16)23-19(21(25)26)13-15-14-22-18-10-5-4-9-17(15)18/h1-5,7-10,14,19,22H,6,11-13H2,(H,23,24)(H,25,26). The molecule has 6 nitrogen and oxygen atoms in total. The predicted octanol–water partition coefficient (Wildman–Crippen LogP) is 3.14. The van der Waals surface area contributed by atoms with Crippen LogP contribution < -0.4 is 10.1 Å². The van der Waals surface area contributed by atoms with Crippen LogP contribution in [0, 0.1) is 0 Å². The summed E-state index contributed by atoms with van der Waals surface area (Å²) in [5, 5.41) is 13.0. The van der Waals surface area contributed by atoms with E-state index in [1.165, 1.54) is 0 Å². The molecule has 0 saturated carbocycles. The smallest absolute Gasteiger partial charge is 0.326 e. The van der Waals surface area contributed by atoms with Crippen LogP contribution >= 0.6 is 0 Å². The third kappa shape index (κ3) is 5.10. The Morgan fingerprint density at radius 2 is 1.81 bits per heavy atom. The summed E-state index contributed by atoms with van der Waals surface area (Å²) in [4.78, 5) is 26.8. The summed E-state index contributed by atoms with van der Waals surface area (Å²) in [5.41, 5.74) is 1.81. The molecule has 3 N–H and O–H groups in total. The highest BCUT2D eigenvalue weighted by Gasteiger charge is 2.21. The van der Waals surface area contributed by atoms with Crippen LogP contribution in [0.2, 0.25) is 0 Å². The molecule has 3 rings (SSSR count). The number of carbonyl (C=O) groups excluding carboxylic acids is 1. The molecule has 0 aliphatic heterocycles. The number of benzene rings is 2. The number of carboxylic acids is 1. The number of aromatic amines is 1. The molecule has 1 atom stereocenters. The van der Waals surface area contributed by atoms with Crippen molar-refractivity contribution in [2.24, 2.45) is 0 Å². The molecule has 1 heterocycles. The number of aromatic nitrogens is 1. The first-order valence-electron chi connectivity index (χ1n) is 8.88. The number of hydrogen-bond acceptors (Lipinski definition) is 3. The minimum Gasteiger partial charge on any atom is -0.494 e. The molecule has 3 aromatic rings. The Hall–Kier alpha value is -3.28. The highest BCUT2D eigenvalue weighted by molar-refractivity contribution is 5.86. The van der Waals surface area contributed by atoms with E-state index >= 15 is 0 Å². The van der Waals surface area contributed by atoms with Crippen molar-refractivity contribution in [3.63, 3.8) is 0 Å². The van der Waals surface area contributed by atoms with Gasteiger partial charge in [0.15, 0.2) is 0 Å². The average Bonchev–Trinajstić information content (AvgIpc) is 3.08. The number of hydrogen-bond donors (Lipinski definition) is 3. The SMILES string of the molecule is O=C(CCCOc1ccccc1)NC(Cc1c[nH]c2ccccc12)C(=O)O. The number of ether oxygens (including phenoxy) is 1. The molecule has 2 aromatic carbocycles. The fourth-order valence-electron chi connectivity index (χ4n) is 2.93. The van der Waals surface area contributed by atoms with E-state index in [2.05, 4.69) is 10.3 Å². The van der Waals surface area contributed by atoms with E-state index in [0.717, 1.165) is 22.2 Å². The molecule has 0 saturated heterocycles. The topological polar surface area (TPSA) is 91.4 Å². The van der Waals surface area contributed by atoms with Crippen molar-refractivity contribution < 1.29 is 19.4 Å². The minimum atomic E-state index is -1.05. The number of fused-ring (bicyclic) bond motifs is 1. The summed E-state index contributed by atoms with van der Waals surface area (Å²) in [6, 6.07) is 16.1. The Morgan fingerprint density at radius 1 is 1.07 bits per heavy atom. The molecule has 0 aliphatic rings. The maximum absolute atomic E-state index is 12.1. The van der Waals surface area contributed by atoms with Crippen molar-refractivity contribution >= 4 is 22.8 Å². The van der Waals surface area contributed by atoms with Gasteiger partial charge in [-0.05, 0) is 30.2 Å². The highest BCUT2D eigenvalue weighted by Crippen LogP contribution is 2.19. The van der Waals surface area contributed by atoms with E-state index in [-0.39, 0.29) is 18.7 Å². The molecule has 27 heavy (non-hydrogen) atoms. The van der Waals surface area contributed by atoms with Gasteiger partial charge in [-0.1, -0.05) is 36.4 Å². The first-order chi connectivity index (χ1) is 13.1. The third-order valence-electron chi connectivity index (χ3n) is 4.29. The van der Waals surface area contributed by atoms with Gasteiger partial charge in [0.05, 0.1) is 6.61 Å². The van der Waals surface area contributed by atoms with Crippen LogP contribution in [-0.2, 0) is 16.0 Å². The second-order valence-corrected chi connectivity index (χ2v) is 6.29. The lowest BCUT2D eigenvalue weighted by Crippen LogP contribution is -2.42. The predicted molar refractivity (Wildman–Crippen MR) is 103 cm³/mol. The van der Waals surface area contributed by atoms with Crippen molar-refractivity contribution in [2.45, 2.75) is 25.3 Å². The van der Waals surface area contributed by atoms with Gasteiger partial charge in [0.1, 0.15) is 11.8 Å². The zero-order valence-electron chi connectivity index (χ0n) is 14.9. The van der Waals surface area contributed by atoms with E-state index in [1.54, 1.807) is 6.20 Å². The van der Waals surface area contributed by atoms with Crippen LogP contribution in [-0.4, -0.2) is 34.6 Å². The fourth-order valence-corrected chi connectivity index (χ4v) is 2.93. The van der Waals surface area contributed by atoms with Gasteiger partial charge in [-0.25, -0.2) is 4.79 Å². The number of rotatable bonds is 9. The van der Waals surface area contributed by atoms with Crippen LogP contribution in [0.25, 0.3) is 10.9 Å². The van der Waals surface area contributed by atoms with Crippen molar-refractivity contribution in [1.82, 2.24) is 10.3 Å². The van der Waals surface area contributed by atoms with Crippen LogP contribution in [0.1, 0.15) is 18.4 Å². The highest BCUT2D eigenvalue weighted by atomic mass is 16.5. The van der Waals surface area contributed by atoms with E-state index in [1.807, 2.05) is 54.6 Å². The maximum atomic E-state index is 12.1. The van der Waals surface area contributed by atoms with Crippen LogP contribution in [0.4, 0.5) is 0 Å². The Balaban J connectivity index is 1.50. The molecular weight excluding hydrogens is 344 g/mol. The van der Waals surface area contributed by atoms with Gasteiger partial charge in [-0.3, -0.25) is 4.79 Å². The molecule has 140 valence electrons. The number of para-hydroxylation sites is 2. The number of amides is 1. The molecule has 0 fully saturated rings. The number of aliphatic carboxylic acids is 1. The van der Waals surface area contributed by atoms with Gasteiger partial charge in [0.25, 0.3) is 0 Å². The Morgan fingerprint density at radius 3 is 2.59 bits per heavy atom. The quantitative estimate of drug-likeness (QED) is 0.507. The van der Waals surface area contributed by atoms with Crippen LogP contribution in [0.3, 0.4) is 0 Å². The van der Waals surface area contributed by atoms with Gasteiger partial charge >= 0.3 is 5.97 Å². The lowest BCUT2D eigenvalue weighted by atomic mass is 10.0. The van der Waals surface area contributed by atoms with E-state index in [4.69, 9.17) is 4.74 Å². The van der Waals surface area contributed by atoms with Crippen LogP contribution in [0.15, 0.2) is 60.8 Å². The average molecular weight is 366 g/mol. The molecule has 0 bridgehead atoms. The van der Waals surface area contributed by atoms with Gasteiger partial charge in [-0.2, -0.15) is 0 Å². The second kappa shape index (κ2) is 8.89. The van der Waals surface area contributed by atoms with Crippen molar-refractivity contribution in [3.8, 4) is 5.75 Å². The van der Waals surface area contributed by atoms with Crippen molar-refractivity contribution in [3.05, 3.63) is 66.4 Å². The van der Waals surface area contributed by atoms with Gasteiger partial charge < -0.3 is 20.1 Å². The summed E-state index contributed by atoms with van der Waals surface area (Å²) in [7, 11) is 0. The van der Waals surface area contributed by atoms with Gasteiger partial charge in [0, 0.05) is 29.9 Å². The molecule has 6 heteroatoms. The summed E-state index contributed by atoms with van der Waals surface area (Å²) >= 11 is 0. The number of carboxylic acid groups (broad SMARTS) is 1. The number of nitrogens with one attached hydrogen (secondary N) is 2. The third-order valence-corrected chi connectivity index (χ3v) is 4.29. The maximum Gasteiger partial charge on any atom is 0.326 e. The number of carbonyl (C=O) groups is 2. The second-order valence-electron chi connectivity index (χ2n) is 6.29. The Labute approximate surface area is 157 Å². The molecular formula is C21H22N2O4. The molecule has 1 aromatic heterocycles. The summed E-state index contributed by atoms with van der Waals surface area (Å²) in [5.74, 6) is -0.589.